The number of hydrogen-bond acceptors (Lipinski definition) is 5. The molecule has 0 aliphatic heterocycles. The molecule has 0 saturated heterocycles. The highest BCUT2D eigenvalue weighted by Gasteiger charge is 2.31. The van der Waals surface area contributed by atoms with Gasteiger partial charge < -0.3 is 15.2 Å². The zero-order valence-electron chi connectivity index (χ0n) is 10.6. The second-order valence-corrected chi connectivity index (χ2v) is 5.56. The maximum atomic E-state index is 11.5. The largest absolute Gasteiger partial charge is 0.465 e. The molecule has 0 saturated carbocycles. The third-order valence-electron chi connectivity index (χ3n) is 2.14. The van der Waals surface area contributed by atoms with Crippen molar-refractivity contribution in [1.29, 1.82) is 0 Å². The summed E-state index contributed by atoms with van der Waals surface area (Å²) in [4.78, 5) is 11.5. The predicted molar refractivity (Wildman–Crippen MR) is 67.6 cm³/mol. The lowest BCUT2D eigenvalue weighted by Gasteiger charge is -2.25. The molecule has 0 fully saturated rings. The first-order valence-electron chi connectivity index (χ1n) is 5.50. The summed E-state index contributed by atoms with van der Waals surface area (Å²) in [6.45, 7) is 6.65. The van der Waals surface area contributed by atoms with Crippen molar-refractivity contribution >= 4 is 17.7 Å². The van der Waals surface area contributed by atoms with Crippen molar-refractivity contribution in [2.24, 2.45) is 5.73 Å². The molecule has 0 amide bonds. The molecular weight excluding hydrogens is 226 g/mol. The Kier molecular flexibility index (Phi) is 7.80. The topological polar surface area (TPSA) is 61.5 Å². The molecule has 2 atom stereocenters. The van der Waals surface area contributed by atoms with Crippen LogP contribution in [0, 0.1) is 0 Å². The number of nitrogens with two attached hydrogens (primary N) is 1. The molecule has 0 aromatic carbocycles. The molecule has 16 heavy (non-hydrogen) atoms. The monoisotopic (exact) mass is 249 g/mol. The van der Waals surface area contributed by atoms with Crippen LogP contribution in [0.1, 0.15) is 27.2 Å². The van der Waals surface area contributed by atoms with E-state index in [1.54, 1.807) is 32.7 Å². The molecule has 0 aliphatic rings. The minimum atomic E-state index is -0.893. The Bertz CT molecular complexity index is 209. The van der Waals surface area contributed by atoms with E-state index in [1.807, 2.05) is 0 Å². The summed E-state index contributed by atoms with van der Waals surface area (Å²) in [5.41, 5.74) is 5.04. The summed E-state index contributed by atoms with van der Waals surface area (Å²) in [7, 11) is 1.68. The molecular formula is C11H23NO3S. The summed E-state index contributed by atoms with van der Waals surface area (Å²) in [5.74, 6) is 0.588. The zero-order valence-corrected chi connectivity index (χ0v) is 11.4. The van der Waals surface area contributed by atoms with Gasteiger partial charge in [-0.15, -0.1) is 0 Å². The van der Waals surface area contributed by atoms with Crippen molar-refractivity contribution in [3.8, 4) is 0 Å². The van der Waals surface area contributed by atoms with E-state index in [0.717, 1.165) is 12.4 Å². The standard InChI is InChI=1S/C11H23NO3S/c1-5-15-10(13)11(3,12)8-9(2)16-7-6-14-4/h9H,5-8,12H2,1-4H3. The fraction of sp³-hybridized carbons (Fsp3) is 0.909. The summed E-state index contributed by atoms with van der Waals surface area (Å²) in [6.07, 6.45) is 0.611. The Morgan fingerprint density at radius 1 is 1.56 bits per heavy atom. The zero-order chi connectivity index (χ0) is 12.6. The van der Waals surface area contributed by atoms with Crippen LogP contribution in [-0.2, 0) is 14.3 Å². The molecule has 0 aromatic heterocycles. The van der Waals surface area contributed by atoms with Crippen LogP contribution in [0.25, 0.3) is 0 Å². The second kappa shape index (κ2) is 7.92. The van der Waals surface area contributed by atoms with Crippen molar-refractivity contribution in [2.45, 2.75) is 38.0 Å². The molecule has 0 rings (SSSR count). The van der Waals surface area contributed by atoms with Gasteiger partial charge in [0.25, 0.3) is 0 Å². The Balaban J connectivity index is 3.98. The lowest BCUT2D eigenvalue weighted by atomic mass is 9.98. The smallest absolute Gasteiger partial charge is 0.325 e. The molecule has 2 unspecified atom stereocenters. The van der Waals surface area contributed by atoms with Crippen LogP contribution in [0.4, 0.5) is 0 Å². The molecule has 0 spiro atoms. The fourth-order valence-electron chi connectivity index (χ4n) is 1.37. The van der Waals surface area contributed by atoms with Gasteiger partial charge in [0.1, 0.15) is 5.54 Å². The highest BCUT2D eigenvalue weighted by molar-refractivity contribution is 7.99. The molecule has 0 aliphatic carbocycles. The van der Waals surface area contributed by atoms with Crippen LogP contribution in [0.2, 0.25) is 0 Å². The average Bonchev–Trinajstić information content (AvgIpc) is 2.17. The summed E-state index contributed by atoms with van der Waals surface area (Å²) in [5, 5.41) is 0.314. The van der Waals surface area contributed by atoms with E-state index in [4.69, 9.17) is 15.2 Å². The molecule has 0 bridgehead atoms. The number of rotatable bonds is 8. The first-order chi connectivity index (χ1) is 7.44. The van der Waals surface area contributed by atoms with Crippen molar-refractivity contribution in [3.63, 3.8) is 0 Å². The molecule has 0 aromatic rings. The molecule has 5 heteroatoms. The Morgan fingerprint density at radius 2 is 2.19 bits per heavy atom. The van der Waals surface area contributed by atoms with Gasteiger partial charge in [0.2, 0.25) is 0 Å². The maximum absolute atomic E-state index is 11.5. The number of esters is 1. The number of thioether (sulfide) groups is 1. The SMILES string of the molecule is CCOC(=O)C(C)(N)CC(C)SCCOC. The lowest BCUT2D eigenvalue weighted by molar-refractivity contribution is -0.149. The third-order valence-corrected chi connectivity index (χ3v) is 3.28. The van der Waals surface area contributed by atoms with Crippen molar-refractivity contribution in [3.05, 3.63) is 0 Å². The highest BCUT2D eigenvalue weighted by atomic mass is 32.2. The van der Waals surface area contributed by atoms with E-state index < -0.39 is 5.54 Å². The van der Waals surface area contributed by atoms with E-state index in [1.165, 1.54) is 0 Å². The number of ether oxygens (including phenoxy) is 2. The van der Waals surface area contributed by atoms with Gasteiger partial charge in [0.05, 0.1) is 13.2 Å². The number of hydrogen-bond donors (Lipinski definition) is 1. The maximum Gasteiger partial charge on any atom is 0.325 e. The van der Waals surface area contributed by atoms with Crippen molar-refractivity contribution in [2.75, 3.05) is 26.1 Å². The Morgan fingerprint density at radius 3 is 2.69 bits per heavy atom. The predicted octanol–water partition coefficient (Wildman–Crippen LogP) is 1.43. The molecule has 96 valence electrons. The van der Waals surface area contributed by atoms with Gasteiger partial charge in [-0.3, -0.25) is 4.79 Å². The van der Waals surface area contributed by atoms with Crippen molar-refractivity contribution < 1.29 is 14.3 Å². The van der Waals surface area contributed by atoms with Gasteiger partial charge in [0, 0.05) is 18.1 Å². The first kappa shape index (κ1) is 15.7. The quantitative estimate of drug-likeness (QED) is 0.521. The highest BCUT2D eigenvalue weighted by Crippen LogP contribution is 2.21. The van der Waals surface area contributed by atoms with Gasteiger partial charge in [-0.25, -0.2) is 0 Å². The number of carbonyl (C=O) groups is 1. The third kappa shape index (κ3) is 6.35. The van der Waals surface area contributed by atoms with E-state index >= 15 is 0 Å². The number of methoxy groups -OCH3 is 1. The van der Waals surface area contributed by atoms with Gasteiger partial charge in [0.15, 0.2) is 0 Å². The molecule has 4 nitrogen and oxygen atoms in total. The lowest BCUT2D eigenvalue weighted by Crippen LogP contribution is -2.47. The summed E-state index contributed by atoms with van der Waals surface area (Å²) < 4.78 is 9.90. The Hall–Kier alpha value is -0.260. The molecule has 0 heterocycles. The van der Waals surface area contributed by atoms with Crippen LogP contribution in [0.5, 0.6) is 0 Å². The van der Waals surface area contributed by atoms with Gasteiger partial charge in [-0.05, 0) is 20.3 Å². The summed E-state index contributed by atoms with van der Waals surface area (Å²) >= 11 is 1.75. The van der Waals surface area contributed by atoms with Gasteiger partial charge in [-0.2, -0.15) is 11.8 Å². The van der Waals surface area contributed by atoms with E-state index in [2.05, 4.69) is 6.92 Å². The minimum Gasteiger partial charge on any atom is -0.465 e. The fourth-order valence-corrected chi connectivity index (χ4v) is 2.50. The van der Waals surface area contributed by atoms with Gasteiger partial charge >= 0.3 is 5.97 Å². The molecule has 0 radical (unpaired) electrons. The van der Waals surface area contributed by atoms with Crippen LogP contribution in [-0.4, -0.2) is 42.8 Å². The summed E-state index contributed by atoms with van der Waals surface area (Å²) in [6, 6.07) is 0. The van der Waals surface area contributed by atoms with Gasteiger partial charge in [-0.1, -0.05) is 6.92 Å². The van der Waals surface area contributed by atoms with Crippen molar-refractivity contribution in [1.82, 2.24) is 0 Å². The van der Waals surface area contributed by atoms with E-state index in [9.17, 15) is 4.79 Å². The normalized spacial score (nSPS) is 16.6. The second-order valence-electron chi connectivity index (χ2n) is 4.02. The molecule has 2 N–H and O–H groups in total. The van der Waals surface area contributed by atoms with E-state index in [-0.39, 0.29) is 5.97 Å². The van der Waals surface area contributed by atoms with E-state index in [0.29, 0.717) is 18.3 Å². The average molecular weight is 249 g/mol. The first-order valence-corrected chi connectivity index (χ1v) is 6.55. The Labute approximate surface area is 102 Å². The minimum absolute atomic E-state index is 0.314. The number of carbonyl (C=O) groups excluding carboxylic acids is 1. The van der Waals surface area contributed by atoms with Crippen LogP contribution >= 0.6 is 11.8 Å². The van der Waals surface area contributed by atoms with Crippen LogP contribution in [0.15, 0.2) is 0 Å². The van der Waals surface area contributed by atoms with Crippen LogP contribution in [0.3, 0.4) is 0 Å². The van der Waals surface area contributed by atoms with Crippen LogP contribution < -0.4 is 5.73 Å².